The molecule has 1 aliphatic rings. The summed E-state index contributed by atoms with van der Waals surface area (Å²) in [6.45, 7) is 4.30. The fraction of sp³-hybridized carbons (Fsp3) is 0.526. The van der Waals surface area contributed by atoms with Crippen LogP contribution in [0.4, 0.5) is 0 Å². The number of hydrogen-bond acceptors (Lipinski definition) is 4. The third-order valence-electron chi connectivity index (χ3n) is 3.75. The maximum absolute atomic E-state index is 10.9. The smallest absolute Gasteiger partial charge is 0.302 e. The molecule has 0 spiro atoms. The Morgan fingerprint density at radius 2 is 2.09 bits per heavy atom. The maximum atomic E-state index is 10.9. The molecule has 1 aromatic rings. The summed E-state index contributed by atoms with van der Waals surface area (Å²) in [6, 6.07) is 10.2. The van der Waals surface area contributed by atoms with Crippen LogP contribution in [-0.4, -0.2) is 31.6 Å². The highest BCUT2D eigenvalue weighted by atomic mass is 16.7. The third kappa shape index (κ3) is 6.16. The number of carbonyl (C=O) groups excluding carboxylic acids is 1. The summed E-state index contributed by atoms with van der Waals surface area (Å²) >= 11 is 0. The molecule has 0 N–H and O–H groups in total. The predicted octanol–water partition coefficient (Wildman–Crippen LogP) is 3.95. The molecule has 2 rings (SSSR count). The summed E-state index contributed by atoms with van der Waals surface area (Å²) in [4.78, 5) is 10.9. The standard InChI is InChI=1S/C19H26O4/c1-3-4-6-11-17(12-16-9-7-5-8-10-16)19-22-14-18(23-19)13-21-15(2)20/h5,7-10,12,18-19H,3-4,6,11,13-14H2,1-2H3/b17-12-/t18-,19+/m0/s1. The highest BCUT2D eigenvalue weighted by Crippen LogP contribution is 2.25. The fourth-order valence-electron chi connectivity index (χ4n) is 2.54. The molecule has 126 valence electrons. The number of ether oxygens (including phenoxy) is 3. The molecule has 1 aromatic carbocycles. The minimum absolute atomic E-state index is 0.186. The van der Waals surface area contributed by atoms with Gasteiger partial charge in [-0.15, -0.1) is 0 Å². The second-order valence-corrected chi connectivity index (χ2v) is 5.81. The van der Waals surface area contributed by atoms with Crippen LogP contribution in [0.5, 0.6) is 0 Å². The first-order valence-corrected chi connectivity index (χ1v) is 8.35. The summed E-state index contributed by atoms with van der Waals surface area (Å²) in [5.74, 6) is -0.292. The molecule has 0 unspecified atom stereocenters. The van der Waals surface area contributed by atoms with E-state index in [1.807, 2.05) is 18.2 Å². The monoisotopic (exact) mass is 318 g/mol. The molecule has 4 heteroatoms. The van der Waals surface area contributed by atoms with E-state index >= 15 is 0 Å². The largest absolute Gasteiger partial charge is 0.463 e. The molecule has 0 amide bonds. The lowest BCUT2D eigenvalue weighted by molar-refractivity contribution is -0.144. The van der Waals surface area contributed by atoms with Gasteiger partial charge in [-0.05, 0) is 24.0 Å². The minimum atomic E-state index is -0.340. The first-order valence-electron chi connectivity index (χ1n) is 8.35. The molecule has 0 bridgehead atoms. The molecule has 0 saturated carbocycles. The summed E-state index contributed by atoms with van der Waals surface area (Å²) in [6.07, 6.45) is 6.06. The average molecular weight is 318 g/mol. The van der Waals surface area contributed by atoms with E-state index in [1.165, 1.54) is 19.8 Å². The van der Waals surface area contributed by atoms with Crippen molar-refractivity contribution in [3.8, 4) is 0 Å². The van der Waals surface area contributed by atoms with Gasteiger partial charge in [0.1, 0.15) is 12.7 Å². The van der Waals surface area contributed by atoms with Gasteiger partial charge in [0, 0.05) is 6.92 Å². The molecule has 23 heavy (non-hydrogen) atoms. The zero-order chi connectivity index (χ0) is 16.5. The molecule has 0 aliphatic carbocycles. The summed E-state index contributed by atoms with van der Waals surface area (Å²) in [5.41, 5.74) is 2.30. The lowest BCUT2D eigenvalue weighted by Gasteiger charge is -2.16. The molecule has 1 fully saturated rings. The molecular weight excluding hydrogens is 292 g/mol. The average Bonchev–Trinajstić information content (AvgIpc) is 3.02. The van der Waals surface area contributed by atoms with Gasteiger partial charge in [-0.2, -0.15) is 0 Å². The Morgan fingerprint density at radius 3 is 2.78 bits per heavy atom. The Balaban J connectivity index is 1.99. The zero-order valence-electron chi connectivity index (χ0n) is 14.0. The minimum Gasteiger partial charge on any atom is -0.463 e. The van der Waals surface area contributed by atoms with E-state index in [0.717, 1.165) is 24.0 Å². The summed E-state index contributed by atoms with van der Waals surface area (Å²) in [5, 5.41) is 0. The Bertz CT molecular complexity index is 509. The van der Waals surface area contributed by atoms with E-state index in [1.54, 1.807) is 0 Å². The lowest BCUT2D eigenvalue weighted by Crippen LogP contribution is -2.21. The van der Waals surface area contributed by atoms with Crippen molar-refractivity contribution in [2.45, 2.75) is 51.9 Å². The van der Waals surface area contributed by atoms with Gasteiger partial charge in [0.05, 0.1) is 6.61 Å². The van der Waals surface area contributed by atoms with Gasteiger partial charge < -0.3 is 14.2 Å². The first-order chi connectivity index (χ1) is 11.2. The summed E-state index contributed by atoms with van der Waals surface area (Å²) < 4.78 is 16.7. The van der Waals surface area contributed by atoms with Crippen molar-refractivity contribution in [1.82, 2.24) is 0 Å². The highest BCUT2D eigenvalue weighted by molar-refractivity contribution is 5.65. The molecular formula is C19H26O4. The van der Waals surface area contributed by atoms with Crippen LogP contribution in [0.25, 0.3) is 6.08 Å². The molecule has 0 radical (unpaired) electrons. The fourth-order valence-corrected chi connectivity index (χ4v) is 2.54. The molecule has 1 aliphatic heterocycles. The number of benzene rings is 1. The van der Waals surface area contributed by atoms with Crippen LogP contribution >= 0.6 is 0 Å². The van der Waals surface area contributed by atoms with Crippen molar-refractivity contribution in [2.24, 2.45) is 0 Å². The van der Waals surface area contributed by atoms with Crippen molar-refractivity contribution < 1.29 is 19.0 Å². The van der Waals surface area contributed by atoms with Gasteiger partial charge in [-0.25, -0.2) is 0 Å². The topological polar surface area (TPSA) is 44.8 Å². The molecule has 1 saturated heterocycles. The van der Waals surface area contributed by atoms with E-state index in [-0.39, 0.29) is 25.0 Å². The summed E-state index contributed by atoms with van der Waals surface area (Å²) in [7, 11) is 0. The maximum Gasteiger partial charge on any atom is 0.302 e. The molecule has 4 nitrogen and oxygen atoms in total. The van der Waals surface area contributed by atoms with E-state index < -0.39 is 0 Å². The number of rotatable bonds is 8. The third-order valence-corrected chi connectivity index (χ3v) is 3.75. The van der Waals surface area contributed by atoms with Crippen LogP contribution in [0.3, 0.4) is 0 Å². The van der Waals surface area contributed by atoms with Crippen molar-refractivity contribution in [1.29, 1.82) is 0 Å². The van der Waals surface area contributed by atoms with E-state index in [2.05, 4.69) is 25.1 Å². The first kappa shape index (κ1) is 17.7. The van der Waals surface area contributed by atoms with Crippen molar-refractivity contribution in [3.63, 3.8) is 0 Å². The molecule has 1 heterocycles. The van der Waals surface area contributed by atoms with Gasteiger partial charge >= 0.3 is 5.97 Å². The van der Waals surface area contributed by atoms with Gasteiger partial charge in [-0.1, -0.05) is 56.2 Å². The Kier molecular flexibility index (Phi) is 7.30. The van der Waals surface area contributed by atoms with Crippen molar-refractivity contribution in [3.05, 3.63) is 41.5 Å². The highest BCUT2D eigenvalue weighted by Gasteiger charge is 2.29. The van der Waals surface area contributed by atoms with Gasteiger partial charge in [0.25, 0.3) is 0 Å². The lowest BCUT2D eigenvalue weighted by atomic mass is 10.0. The van der Waals surface area contributed by atoms with E-state index in [4.69, 9.17) is 14.2 Å². The SMILES string of the molecule is CCCCC/C(=C/c1ccccc1)[C@@H]1OC[C@H](COC(C)=O)O1. The van der Waals surface area contributed by atoms with Crippen LogP contribution in [0, 0.1) is 0 Å². The van der Waals surface area contributed by atoms with Crippen LogP contribution in [0.1, 0.15) is 45.1 Å². The number of unbranched alkanes of at least 4 members (excludes halogenated alkanes) is 2. The normalized spacial score (nSPS) is 21.4. The van der Waals surface area contributed by atoms with Crippen molar-refractivity contribution in [2.75, 3.05) is 13.2 Å². The number of carbonyl (C=O) groups is 1. The van der Waals surface area contributed by atoms with E-state index in [0.29, 0.717) is 6.61 Å². The Morgan fingerprint density at radius 1 is 1.30 bits per heavy atom. The Labute approximate surface area is 138 Å². The zero-order valence-corrected chi connectivity index (χ0v) is 14.0. The predicted molar refractivity (Wildman–Crippen MR) is 89.8 cm³/mol. The van der Waals surface area contributed by atoms with Gasteiger partial charge in [0.2, 0.25) is 0 Å². The quantitative estimate of drug-likeness (QED) is 0.538. The van der Waals surface area contributed by atoms with Crippen LogP contribution in [0.15, 0.2) is 35.9 Å². The van der Waals surface area contributed by atoms with E-state index in [9.17, 15) is 4.79 Å². The second-order valence-electron chi connectivity index (χ2n) is 5.81. The number of esters is 1. The van der Waals surface area contributed by atoms with Crippen LogP contribution < -0.4 is 0 Å². The van der Waals surface area contributed by atoms with Crippen LogP contribution in [0.2, 0.25) is 0 Å². The second kappa shape index (κ2) is 9.48. The Hall–Kier alpha value is -1.65. The van der Waals surface area contributed by atoms with Crippen molar-refractivity contribution >= 4 is 12.0 Å². The molecule has 2 atom stereocenters. The van der Waals surface area contributed by atoms with Crippen LogP contribution in [-0.2, 0) is 19.0 Å². The van der Waals surface area contributed by atoms with Gasteiger partial charge in [-0.3, -0.25) is 4.79 Å². The number of hydrogen-bond donors (Lipinski definition) is 0. The van der Waals surface area contributed by atoms with Gasteiger partial charge in [0.15, 0.2) is 6.29 Å². The molecule has 0 aromatic heterocycles.